The van der Waals surface area contributed by atoms with Crippen molar-refractivity contribution in [2.75, 3.05) is 5.32 Å². The Balaban J connectivity index is 3.00. The lowest BCUT2D eigenvalue weighted by atomic mass is 9.87. The number of carbonyl (C=O) groups excluding carboxylic acids is 1. The number of anilines is 1. The standard InChI is InChI=1S/C13H17IN2O3/c1-13(2,3)10(15)11(17)16-9-5-4-7(14)6-8(9)12(18)19/h4-6,10H,15H2,1-3H3,(H,16,17)(H,18,19)/t10-/m0/s1. The van der Waals surface area contributed by atoms with Gasteiger partial charge in [0.05, 0.1) is 17.3 Å². The van der Waals surface area contributed by atoms with Gasteiger partial charge >= 0.3 is 5.97 Å². The first-order valence-corrected chi connectivity index (χ1v) is 6.80. The second-order valence-corrected chi connectivity index (χ2v) is 6.57. The first kappa shape index (κ1) is 15.9. The molecule has 1 aromatic rings. The Bertz CT molecular complexity index is 509. The van der Waals surface area contributed by atoms with Crippen molar-refractivity contribution in [2.45, 2.75) is 26.8 Å². The lowest BCUT2D eigenvalue weighted by Gasteiger charge is -2.26. The number of rotatable bonds is 3. The Morgan fingerprint density at radius 1 is 1.37 bits per heavy atom. The van der Waals surface area contributed by atoms with Crippen LogP contribution in [0, 0.1) is 8.99 Å². The zero-order valence-corrected chi connectivity index (χ0v) is 13.2. The number of carbonyl (C=O) groups is 2. The fourth-order valence-corrected chi connectivity index (χ4v) is 1.90. The van der Waals surface area contributed by atoms with Crippen molar-refractivity contribution < 1.29 is 14.7 Å². The lowest BCUT2D eigenvalue weighted by molar-refractivity contribution is -0.119. The molecule has 0 aliphatic carbocycles. The SMILES string of the molecule is CC(C)(C)[C@@H](N)C(=O)Nc1ccc(I)cc1C(=O)O. The lowest BCUT2D eigenvalue weighted by Crippen LogP contribution is -2.45. The van der Waals surface area contributed by atoms with E-state index in [1.165, 1.54) is 6.07 Å². The summed E-state index contributed by atoms with van der Waals surface area (Å²) in [5.74, 6) is -1.48. The molecule has 0 fully saturated rings. The molecule has 104 valence electrons. The van der Waals surface area contributed by atoms with Crippen LogP contribution in [0.1, 0.15) is 31.1 Å². The summed E-state index contributed by atoms with van der Waals surface area (Å²) < 4.78 is 0.785. The maximum absolute atomic E-state index is 12.0. The van der Waals surface area contributed by atoms with Gasteiger partial charge in [0.25, 0.3) is 0 Å². The Morgan fingerprint density at radius 2 is 1.95 bits per heavy atom. The number of carboxylic acid groups (broad SMARTS) is 1. The van der Waals surface area contributed by atoms with Crippen LogP contribution >= 0.6 is 22.6 Å². The molecular weight excluding hydrogens is 359 g/mol. The minimum Gasteiger partial charge on any atom is -0.478 e. The molecule has 0 saturated carbocycles. The van der Waals surface area contributed by atoms with E-state index in [-0.39, 0.29) is 11.3 Å². The van der Waals surface area contributed by atoms with Crippen LogP contribution in [0.25, 0.3) is 0 Å². The second-order valence-electron chi connectivity index (χ2n) is 5.33. The molecule has 0 aliphatic heterocycles. The van der Waals surface area contributed by atoms with Crippen LogP contribution in [0.5, 0.6) is 0 Å². The first-order chi connectivity index (χ1) is 8.62. The minimum atomic E-state index is -1.09. The van der Waals surface area contributed by atoms with Gasteiger partial charge < -0.3 is 16.2 Å². The average molecular weight is 376 g/mol. The fraction of sp³-hybridized carbons (Fsp3) is 0.385. The third kappa shape index (κ3) is 4.17. The van der Waals surface area contributed by atoms with Crippen molar-refractivity contribution in [3.63, 3.8) is 0 Å². The molecule has 1 amide bonds. The Hall–Kier alpha value is -1.15. The van der Waals surface area contributed by atoms with Crippen LogP contribution in [-0.2, 0) is 4.79 Å². The molecule has 6 heteroatoms. The average Bonchev–Trinajstić information content (AvgIpc) is 2.28. The highest BCUT2D eigenvalue weighted by Gasteiger charge is 2.28. The third-order valence-electron chi connectivity index (χ3n) is 2.69. The van der Waals surface area contributed by atoms with Crippen LogP contribution < -0.4 is 11.1 Å². The molecule has 19 heavy (non-hydrogen) atoms. The minimum absolute atomic E-state index is 0.0568. The smallest absolute Gasteiger partial charge is 0.337 e. The number of hydrogen-bond acceptors (Lipinski definition) is 3. The van der Waals surface area contributed by atoms with Gasteiger partial charge in [-0.25, -0.2) is 4.79 Å². The molecule has 0 radical (unpaired) electrons. The van der Waals surface area contributed by atoms with E-state index < -0.39 is 23.3 Å². The number of aromatic carboxylic acids is 1. The number of benzene rings is 1. The second kappa shape index (κ2) is 5.87. The van der Waals surface area contributed by atoms with Crippen LogP contribution in [0.2, 0.25) is 0 Å². The van der Waals surface area contributed by atoms with Crippen molar-refractivity contribution in [2.24, 2.45) is 11.1 Å². The zero-order valence-electron chi connectivity index (χ0n) is 11.0. The normalized spacial score (nSPS) is 12.9. The summed E-state index contributed by atoms with van der Waals surface area (Å²) in [4.78, 5) is 23.1. The van der Waals surface area contributed by atoms with E-state index >= 15 is 0 Å². The Morgan fingerprint density at radius 3 is 2.42 bits per heavy atom. The largest absolute Gasteiger partial charge is 0.478 e. The summed E-state index contributed by atoms with van der Waals surface area (Å²) in [6.45, 7) is 5.55. The third-order valence-corrected chi connectivity index (χ3v) is 3.36. The van der Waals surface area contributed by atoms with Crippen molar-refractivity contribution in [3.8, 4) is 0 Å². The quantitative estimate of drug-likeness (QED) is 0.706. The van der Waals surface area contributed by atoms with Crippen LogP contribution in [0.15, 0.2) is 18.2 Å². The van der Waals surface area contributed by atoms with Crippen molar-refractivity contribution in [1.29, 1.82) is 0 Å². The molecule has 1 rings (SSSR count). The maximum atomic E-state index is 12.0. The molecule has 1 atom stereocenters. The van der Waals surface area contributed by atoms with Crippen molar-refractivity contribution in [1.82, 2.24) is 0 Å². The van der Waals surface area contributed by atoms with Gasteiger partial charge in [0, 0.05) is 3.57 Å². The molecule has 0 spiro atoms. The number of nitrogens with two attached hydrogens (primary N) is 1. The summed E-state index contributed by atoms with van der Waals surface area (Å²) >= 11 is 2.01. The zero-order chi connectivity index (χ0) is 14.8. The first-order valence-electron chi connectivity index (χ1n) is 5.72. The van der Waals surface area contributed by atoms with Gasteiger partial charge in [-0.3, -0.25) is 4.79 Å². The van der Waals surface area contributed by atoms with Crippen LogP contribution in [-0.4, -0.2) is 23.0 Å². The summed E-state index contributed by atoms with van der Waals surface area (Å²) in [5.41, 5.74) is 5.76. The van der Waals surface area contributed by atoms with Gasteiger partial charge in [-0.1, -0.05) is 20.8 Å². The Labute approximate surface area is 125 Å². The molecule has 0 saturated heterocycles. The van der Waals surface area contributed by atoms with E-state index in [0.29, 0.717) is 0 Å². The van der Waals surface area contributed by atoms with E-state index in [9.17, 15) is 9.59 Å². The monoisotopic (exact) mass is 376 g/mol. The van der Waals surface area contributed by atoms with E-state index in [2.05, 4.69) is 5.32 Å². The fourth-order valence-electron chi connectivity index (χ4n) is 1.41. The molecule has 0 bridgehead atoms. The number of nitrogens with one attached hydrogen (secondary N) is 1. The van der Waals surface area contributed by atoms with Crippen LogP contribution in [0.3, 0.4) is 0 Å². The predicted octanol–water partition coefficient (Wildman–Crippen LogP) is 2.30. The molecule has 1 aromatic carbocycles. The van der Waals surface area contributed by atoms with Gasteiger partial charge in [0.2, 0.25) is 5.91 Å². The highest BCUT2D eigenvalue weighted by molar-refractivity contribution is 14.1. The molecule has 0 unspecified atom stereocenters. The summed E-state index contributed by atoms with van der Waals surface area (Å²) in [7, 11) is 0. The summed E-state index contributed by atoms with van der Waals surface area (Å²) in [6.07, 6.45) is 0. The van der Waals surface area contributed by atoms with Gasteiger partial charge in [-0.2, -0.15) is 0 Å². The van der Waals surface area contributed by atoms with Crippen molar-refractivity contribution in [3.05, 3.63) is 27.3 Å². The van der Waals surface area contributed by atoms with E-state index in [1.807, 2.05) is 43.4 Å². The topological polar surface area (TPSA) is 92.4 Å². The summed E-state index contributed by atoms with van der Waals surface area (Å²) in [5, 5.41) is 11.7. The molecule has 0 aliphatic rings. The molecule has 4 N–H and O–H groups in total. The van der Waals surface area contributed by atoms with Crippen LogP contribution in [0.4, 0.5) is 5.69 Å². The van der Waals surface area contributed by atoms with Gasteiger partial charge in [-0.05, 0) is 46.2 Å². The molecule has 0 aromatic heterocycles. The summed E-state index contributed by atoms with van der Waals surface area (Å²) in [6, 6.07) is 4.08. The van der Waals surface area contributed by atoms with Crippen molar-refractivity contribution >= 4 is 40.2 Å². The number of amides is 1. The predicted molar refractivity (Wildman–Crippen MR) is 82.2 cm³/mol. The molecule has 5 nitrogen and oxygen atoms in total. The van der Waals surface area contributed by atoms with E-state index in [1.54, 1.807) is 12.1 Å². The maximum Gasteiger partial charge on any atom is 0.337 e. The van der Waals surface area contributed by atoms with Gasteiger partial charge in [-0.15, -0.1) is 0 Å². The highest BCUT2D eigenvalue weighted by atomic mass is 127. The molecular formula is C13H17IN2O3. The number of carboxylic acids is 1. The number of hydrogen-bond donors (Lipinski definition) is 3. The highest BCUT2D eigenvalue weighted by Crippen LogP contribution is 2.22. The van der Waals surface area contributed by atoms with Gasteiger partial charge in [0.1, 0.15) is 0 Å². The number of halogens is 1. The Kier molecular flexibility index (Phi) is 4.92. The molecule has 0 heterocycles. The van der Waals surface area contributed by atoms with Gasteiger partial charge in [0.15, 0.2) is 0 Å². The van der Waals surface area contributed by atoms with E-state index in [0.717, 1.165) is 3.57 Å². The van der Waals surface area contributed by atoms with E-state index in [4.69, 9.17) is 10.8 Å².